The Bertz CT molecular complexity index is 774. The molecule has 0 bridgehead atoms. The van der Waals surface area contributed by atoms with E-state index in [0.717, 1.165) is 10.6 Å². The molecule has 0 aliphatic rings. The van der Waals surface area contributed by atoms with Crippen LogP contribution in [0, 0.1) is 11.3 Å². The molecule has 1 N–H and O–H groups in total. The smallest absolute Gasteiger partial charge is 0.224 e. The summed E-state index contributed by atoms with van der Waals surface area (Å²) >= 11 is 1.57. The van der Waals surface area contributed by atoms with Crippen molar-refractivity contribution in [2.75, 3.05) is 24.3 Å². The van der Waals surface area contributed by atoms with E-state index in [4.69, 9.17) is 14.7 Å². The molecule has 0 spiro atoms. The maximum Gasteiger partial charge on any atom is 0.224 e. The molecule has 0 aliphatic carbocycles. The van der Waals surface area contributed by atoms with Gasteiger partial charge >= 0.3 is 0 Å². The molecule has 5 nitrogen and oxygen atoms in total. The minimum Gasteiger partial charge on any atom is -0.490 e. The van der Waals surface area contributed by atoms with Gasteiger partial charge in [-0.3, -0.25) is 4.79 Å². The molecule has 0 atom stereocenters. The lowest BCUT2D eigenvalue weighted by Gasteiger charge is -2.12. The summed E-state index contributed by atoms with van der Waals surface area (Å²) in [6.45, 7) is 2.95. The quantitative estimate of drug-likeness (QED) is 0.441. The Morgan fingerprint density at radius 3 is 2.56 bits per heavy atom. The van der Waals surface area contributed by atoms with E-state index in [2.05, 4.69) is 11.4 Å². The number of ether oxygens (including phenoxy) is 2. The second-order valence-corrected chi connectivity index (χ2v) is 6.77. The predicted molar refractivity (Wildman–Crippen MR) is 108 cm³/mol. The number of para-hydroxylation sites is 3. The van der Waals surface area contributed by atoms with Gasteiger partial charge in [-0.15, -0.1) is 11.8 Å². The van der Waals surface area contributed by atoms with Gasteiger partial charge in [-0.05, 0) is 37.6 Å². The van der Waals surface area contributed by atoms with E-state index in [-0.39, 0.29) is 5.91 Å². The summed E-state index contributed by atoms with van der Waals surface area (Å²) < 4.78 is 11.3. The van der Waals surface area contributed by atoms with Gasteiger partial charge in [-0.1, -0.05) is 24.3 Å². The molecular weight excluding hydrogens is 360 g/mol. The van der Waals surface area contributed by atoms with Crippen LogP contribution in [0.15, 0.2) is 53.4 Å². The van der Waals surface area contributed by atoms with E-state index in [1.54, 1.807) is 11.8 Å². The molecule has 0 aliphatic heterocycles. The zero-order chi connectivity index (χ0) is 19.3. The van der Waals surface area contributed by atoms with Gasteiger partial charge in [0.2, 0.25) is 5.91 Å². The number of hydrogen-bond acceptors (Lipinski definition) is 5. The van der Waals surface area contributed by atoms with E-state index in [9.17, 15) is 4.79 Å². The predicted octanol–water partition coefficient (Wildman–Crippen LogP) is 4.89. The third-order valence-electron chi connectivity index (χ3n) is 3.59. The Labute approximate surface area is 164 Å². The number of thioether (sulfide) groups is 1. The summed E-state index contributed by atoms with van der Waals surface area (Å²) in [6, 6.07) is 17.3. The highest BCUT2D eigenvalue weighted by Gasteiger charge is 2.08. The molecule has 0 aromatic heterocycles. The van der Waals surface area contributed by atoms with Crippen molar-refractivity contribution in [3.8, 4) is 17.6 Å². The minimum absolute atomic E-state index is 0.0509. The molecule has 2 rings (SSSR count). The van der Waals surface area contributed by atoms with E-state index in [1.165, 1.54) is 0 Å². The number of carbonyl (C=O) groups excluding carboxylic acids is 1. The lowest BCUT2D eigenvalue weighted by Crippen LogP contribution is -2.13. The van der Waals surface area contributed by atoms with E-state index < -0.39 is 0 Å². The van der Waals surface area contributed by atoms with Crippen molar-refractivity contribution in [2.45, 2.75) is 31.1 Å². The molecule has 0 radical (unpaired) electrons. The van der Waals surface area contributed by atoms with Crippen molar-refractivity contribution >= 4 is 23.4 Å². The monoisotopic (exact) mass is 384 g/mol. The summed E-state index contributed by atoms with van der Waals surface area (Å²) in [5, 5.41) is 11.6. The summed E-state index contributed by atoms with van der Waals surface area (Å²) in [4.78, 5) is 13.2. The van der Waals surface area contributed by atoms with Crippen LogP contribution >= 0.6 is 11.8 Å². The van der Waals surface area contributed by atoms with Gasteiger partial charge in [0.25, 0.3) is 0 Å². The molecule has 0 unspecified atom stereocenters. The first-order valence-electron chi connectivity index (χ1n) is 8.98. The van der Waals surface area contributed by atoms with Gasteiger partial charge in [0.15, 0.2) is 11.5 Å². The Morgan fingerprint density at radius 1 is 1.11 bits per heavy atom. The highest BCUT2D eigenvalue weighted by molar-refractivity contribution is 7.99. The summed E-state index contributed by atoms with van der Waals surface area (Å²) in [5.74, 6) is 2.06. The summed E-state index contributed by atoms with van der Waals surface area (Å²) in [5.41, 5.74) is 0.785. The zero-order valence-corrected chi connectivity index (χ0v) is 16.3. The number of amides is 1. The lowest BCUT2D eigenvalue weighted by molar-refractivity contribution is -0.116. The van der Waals surface area contributed by atoms with Gasteiger partial charge in [-0.2, -0.15) is 5.26 Å². The number of hydrogen-bond donors (Lipinski definition) is 1. The topological polar surface area (TPSA) is 71.3 Å². The van der Waals surface area contributed by atoms with Crippen LogP contribution in [-0.4, -0.2) is 24.9 Å². The fraction of sp³-hybridized carbons (Fsp3) is 0.333. The van der Waals surface area contributed by atoms with E-state index >= 15 is 0 Å². The first-order valence-corrected chi connectivity index (χ1v) is 9.96. The van der Waals surface area contributed by atoms with Crippen LogP contribution in [-0.2, 0) is 4.79 Å². The van der Waals surface area contributed by atoms with Gasteiger partial charge in [0, 0.05) is 23.5 Å². The molecule has 0 heterocycles. The molecule has 6 heteroatoms. The van der Waals surface area contributed by atoms with Crippen LogP contribution in [0.4, 0.5) is 5.69 Å². The normalized spacial score (nSPS) is 10.1. The molecular formula is C21H24N2O3S. The largest absolute Gasteiger partial charge is 0.490 e. The van der Waals surface area contributed by atoms with Gasteiger partial charge in [0.05, 0.1) is 25.0 Å². The number of nitrogens with one attached hydrogen (secondary N) is 1. The molecule has 0 fully saturated rings. The standard InChI is InChI=1S/C21H24N2O3S/c1-2-25-18-10-4-5-11-19(18)26-15-7-13-21(24)23-17-9-3-6-12-20(17)27-16-8-14-22/h3-6,9-12H,2,7-8,13,15-16H2,1H3,(H,23,24). The highest BCUT2D eigenvalue weighted by atomic mass is 32.2. The summed E-state index contributed by atoms with van der Waals surface area (Å²) in [7, 11) is 0. The summed E-state index contributed by atoms with van der Waals surface area (Å²) in [6.07, 6.45) is 1.46. The average molecular weight is 385 g/mol. The number of rotatable bonds is 11. The number of benzene rings is 2. The number of carbonyl (C=O) groups is 1. The molecule has 0 saturated carbocycles. The number of nitrogens with zero attached hydrogens (tertiary/aromatic N) is 1. The van der Waals surface area contributed by atoms with Crippen LogP contribution in [0.25, 0.3) is 0 Å². The molecule has 142 valence electrons. The van der Waals surface area contributed by atoms with Crippen molar-refractivity contribution in [3.63, 3.8) is 0 Å². The first kappa shape index (κ1) is 20.7. The molecule has 2 aromatic carbocycles. The lowest BCUT2D eigenvalue weighted by atomic mass is 10.2. The maximum atomic E-state index is 12.2. The van der Waals surface area contributed by atoms with Crippen molar-refractivity contribution in [2.24, 2.45) is 0 Å². The van der Waals surface area contributed by atoms with Crippen LogP contribution in [0.1, 0.15) is 26.2 Å². The van der Waals surface area contributed by atoms with Crippen molar-refractivity contribution in [1.82, 2.24) is 0 Å². The third-order valence-corrected chi connectivity index (χ3v) is 4.66. The Kier molecular flexibility index (Phi) is 9.08. The minimum atomic E-state index is -0.0509. The molecule has 2 aromatic rings. The number of anilines is 1. The van der Waals surface area contributed by atoms with E-state index in [1.807, 2.05) is 55.5 Å². The van der Waals surface area contributed by atoms with Crippen LogP contribution < -0.4 is 14.8 Å². The fourth-order valence-electron chi connectivity index (χ4n) is 2.37. The van der Waals surface area contributed by atoms with Crippen LogP contribution in [0.2, 0.25) is 0 Å². The van der Waals surface area contributed by atoms with E-state index in [0.29, 0.717) is 49.7 Å². The maximum absolute atomic E-state index is 12.2. The fourth-order valence-corrected chi connectivity index (χ4v) is 3.24. The van der Waals surface area contributed by atoms with Crippen molar-refractivity contribution in [1.29, 1.82) is 5.26 Å². The highest BCUT2D eigenvalue weighted by Crippen LogP contribution is 2.28. The van der Waals surface area contributed by atoms with Crippen molar-refractivity contribution in [3.05, 3.63) is 48.5 Å². The second-order valence-electron chi connectivity index (χ2n) is 5.63. The molecule has 0 saturated heterocycles. The SMILES string of the molecule is CCOc1ccccc1OCCCC(=O)Nc1ccccc1SCCC#N. The van der Waals surface area contributed by atoms with Gasteiger partial charge < -0.3 is 14.8 Å². The Hall–Kier alpha value is -2.65. The van der Waals surface area contributed by atoms with Gasteiger partial charge in [-0.25, -0.2) is 0 Å². The Morgan fingerprint density at radius 2 is 1.81 bits per heavy atom. The van der Waals surface area contributed by atoms with Crippen LogP contribution in [0.5, 0.6) is 11.5 Å². The third kappa shape index (κ3) is 7.24. The molecule has 27 heavy (non-hydrogen) atoms. The van der Waals surface area contributed by atoms with Crippen LogP contribution in [0.3, 0.4) is 0 Å². The van der Waals surface area contributed by atoms with Gasteiger partial charge in [0.1, 0.15) is 0 Å². The van der Waals surface area contributed by atoms with Crippen molar-refractivity contribution < 1.29 is 14.3 Å². The number of nitriles is 1. The second kappa shape index (κ2) is 11.9. The zero-order valence-electron chi connectivity index (χ0n) is 15.4. The average Bonchev–Trinajstić information content (AvgIpc) is 2.68. The first-order chi connectivity index (χ1) is 13.2. The Balaban J connectivity index is 1.78. The molecule has 1 amide bonds.